The van der Waals surface area contributed by atoms with Crippen molar-refractivity contribution in [3.63, 3.8) is 0 Å². The van der Waals surface area contributed by atoms with E-state index in [-0.39, 0.29) is 17.1 Å². The topological polar surface area (TPSA) is 26.3 Å². The molecule has 0 unspecified atom stereocenters. The molecule has 0 saturated heterocycles. The third kappa shape index (κ3) is 3.54. The highest BCUT2D eigenvalue weighted by Gasteiger charge is 2.07. The van der Waals surface area contributed by atoms with Crippen molar-refractivity contribution in [1.29, 1.82) is 0 Å². The summed E-state index contributed by atoms with van der Waals surface area (Å²) in [5.41, 5.74) is 1.19. The Morgan fingerprint density at radius 3 is 2.50 bits per heavy atom. The predicted molar refractivity (Wildman–Crippen MR) is 80.5 cm³/mol. The Morgan fingerprint density at radius 1 is 1.20 bits per heavy atom. The van der Waals surface area contributed by atoms with Crippen molar-refractivity contribution < 1.29 is 13.9 Å². The highest BCUT2D eigenvalue weighted by Crippen LogP contribution is 2.18. The number of ketones is 1. The second kappa shape index (κ2) is 6.48. The van der Waals surface area contributed by atoms with Gasteiger partial charge in [0.2, 0.25) is 0 Å². The summed E-state index contributed by atoms with van der Waals surface area (Å²) in [7, 11) is 1.38. The van der Waals surface area contributed by atoms with Gasteiger partial charge < -0.3 is 4.74 Å². The van der Waals surface area contributed by atoms with E-state index in [4.69, 9.17) is 4.74 Å². The summed E-state index contributed by atoms with van der Waals surface area (Å²) >= 11 is 3.34. The molecular formula is C16H12BrFO2. The van der Waals surface area contributed by atoms with Gasteiger partial charge in [-0.15, -0.1) is 0 Å². The molecule has 0 atom stereocenters. The van der Waals surface area contributed by atoms with Crippen molar-refractivity contribution >= 4 is 27.8 Å². The summed E-state index contributed by atoms with van der Waals surface area (Å²) in [4.78, 5) is 11.9. The fourth-order valence-corrected chi connectivity index (χ4v) is 1.93. The molecule has 0 spiro atoms. The smallest absolute Gasteiger partial charge is 0.185 e. The number of allylic oxidation sites excluding steroid dienone is 1. The van der Waals surface area contributed by atoms with Gasteiger partial charge in [-0.3, -0.25) is 4.79 Å². The lowest BCUT2D eigenvalue weighted by Crippen LogP contribution is -1.96. The number of hydrogen-bond acceptors (Lipinski definition) is 2. The largest absolute Gasteiger partial charge is 0.494 e. The standard InChI is InChI=1S/C16H12BrFO2/c1-20-16-9-5-12(10-14(16)18)15(19)8-4-11-2-6-13(17)7-3-11/h2-10H,1H3/b8-4+. The van der Waals surface area contributed by atoms with Crippen LogP contribution in [0.4, 0.5) is 4.39 Å². The van der Waals surface area contributed by atoms with Crippen LogP contribution >= 0.6 is 15.9 Å². The summed E-state index contributed by atoms with van der Waals surface area (Å²) in [5, 5.41) is 0. The van der Waals surface area contributed by atoms with E-state index in [1.165, 1.54) is 31.4 Å². The van der Waals surface area contributed by atoms with Gasteiger partial charge in [-0.2, -0.15) is 0 Å². The maximum absolute atomic E-state index is 13.5. The van der Waals surface area contributed by atoms with E-state index in [1.807, 2.05) is 24.3 Å². The zero-order chi connectivity index (χ0) is 14.5. The Morgan fingerprint density at radius 2 is 1.90 bits per heavy atom. The van der Waals surface area contributed by atoms with Gasteiger partial charge in [-0.05, 0) is 42.0 Å². The fraction of sp³-hybridized carbons (Fsp3) is 0.0625. The molecule has 2 nitrogen and oxygen atoms in total. The molecule has 0 aliphatic rings. The van der Waals surface area contributed by atoms with Crippen LogP contribution in [0.5, 0.6) is 5.75 Å². The molecule has 0 aliphatic carbocycles. The van der Waals surface area contributed by atoms with Crippen LogP contribution in [-0.2, 0) is 0 Å². The lowest BCUT2D eigenvalue weighted by Gasteiger charge is -2.02. The molecule has 0 heterocycles. The maximum atomic E-state index is 13.5. The molecule has 2 rings (SSSR count). The van der Waals surface area contributed by atoms with Gasteiger partial charge in [0.05, 0.1) is 7.11 Å². The van der Waals surface area contributed by atoms with E-state index in [1.54, 1.807) is 6.08 Å². The second-order valence-electron chi connectivity index (χ2n) is 4.10. The third-order valence-electron chi connectivity index (χ3n) is 2.73. The monoisotopic (exact) mass is 334 g/mol. The summed E-state index contributed by atoms with van der Waals surface area (Å²) in [6.45, 7) is 0. The first-order valence-electron chi connectivity index (χ1n) is 5.91. The van der Waals surface area contributed by atoms with Gasteiger partial charge in [0.15, 0.2) is 17.3 Å². The number of hydrogen-bond donors (Lipinski definition) is 0. The number of carbonyl (C=O) groups excluding carboxylic acids is 1. The summed E-state index contributed by atoms with van der Waals surface area (Å²) in [6, 6.07) is 11.7. The van der Waals surface area contributed by atoms with Crippen LogP contribution in [0.2, 0.25) is 0 Å². The third-order valence-corrected chi connectivity index (χ3v) is 3.26. The van der Waals surface area contributed by atoms with Crippen molar-refractivity contribution in [2.75, 3.05) is 7.11 Å². The van der Waals surface area contributed by atoms with Crippen LogP contribution in [-0.4, -0.2) is 12.9 Å². The average Bonchev–Trinajstić information content (AvgIpc) is 2.46. The lowest BCUT2D eigenvalue weighted by atomic mass is 10.1. The van der Waals surface area contributed by atoms with Crippen LogP contribution in [0.25, 0.3) is 6.08 Å². The Labute approximate surface area is 125 Å². The minimum absolute atomic E-state index is 0.124. The molecule has 0 fully saturated rings. The van der Waals surface area contributed by atoms with Gasteiger partial charge in [0.1, 0.15) is 0 Å². The molecule has 0 aromatic heterocycles. The highest BCUT2D eigenvalue weighted by atomic mass is 79.9. The van der Waals surface area contributed by atoms with Crippen LogP contribution in [0, 0.1) is 5.82 Å². The van der Waals surface area contributed by atoms with Crippen LogP contribution in [0.3, 0.4) is 0 Å². The minimum atomic E-state index is -0.546. The summed E-state index contributed by atoms with van der Waals surface area (Å²) in [5.74, 6) is -0.677. The zero-order valence-corrected chi connectivity index (χ0v) is 12.4. The van der Waals surface area contributed by atoms with Gasteiger partial charge in [-0.1, -0.05) is 34.1 Å². The summed E-state index contributed by atoms with van der Waals surface area (Å²) in [6.07, 6.45) is 3.11. The Bertz CT molecular complexity index is 648. The van der Waals surface area contributed by atoms with Gasteiger partial charge in [0, 0.05) is 10.0 Å². The predicted octanol–water partition coefficient (Wildman–Crippen LogP) is 4.49. The second-order valence-corrected chi connectivity index (χ2v) is 5.01. The van der Waals surface area contributed by atoms with E-state index in [9.17, 15) is 9.18 Å². The molecule has 2 aromatic carbocycles. The van der Waals surface area contributed by atoms with Gasteiger partial charge >= 0.3 is 0 Å². The van der Waals surface area contributed by atoms with E-state index >= 15 is 0 Å². The number of carbonyl (C=O) groups is 1. The molecule has 0 N–H and O–H groups in total. The van der Waals surface area contributed by atoms with Crippen LogP contribution < -0.4 is 4.74 Å². The number of halogens is 2. The SMILES string of the molecule is COc1ccc(C(=O)/C=C/c2ccc(Br)cc2)cc1F. The molecule has 0 aliphatic heterocycles. The van der Waals surface area contributed by atoms with Crippen molar-refractivity contribution in [1.82, 2.24) is 0 Å². The molecule has 0 bridgehead atoms. The number of rotatable bonds is 4. The molecule has 20 heavy (non-hydrogen) atoms. The maximum Gasteiger partial charge on any atom is 0.185 e. The lowest BCUT2D eigenvalue weighted by molar-refractivity contribution is 0.104. The zero-order valence-electron chi connectivity index (χ0n) is 10.8. The van der Waals surface area contributed by atoms with E-state index < -0.39 is 5.82 Å². The van der Waals surface area contributed by atoms with Crippen molar-refractivity contribution in [3.8, 4) is 5.75 Å². The number of methoxy groups -OCH3 is 1. The first-order valence-corrected chi connectivity index (χ1v) is 6.71. The number of ether oxygens (including phenoxy) is 1. The highest BCUT2D eigenvalue weighted by molar-refractivity contribution is 9.10. The van der Waals surface area contributed by atoms with Crippen molar-refractivity contribution in [3.05, 3.63) is 70.0 Å². The molecule has 0 amide bonds. The van der Waals surface area contributed by atoms with E-state index in [0.29, 0.717) is 0 Å². The van der Waals surface area contributed by atoms with Crippen LogP contribution in [0.15, 0.2) is 53.0 Å². The minimum Gasteiger partial charge on any atom is -0.494 e. The average molecular weight is 335 g/mol. The van der Waals surface area contributed by atoms with Gasteiger partial charge in [-0.25, -0.2) is 4.39 Å². The molecule has 0 saturated carbocycles. The van der Waals surface area contributed by atoms with Crippen molar-refractivity contribution in [2.24, 2.45) is 0 Å². The first kappa shape index (κ1) is 14.5. The molecular weight excluding hydrogens is 323 g/mol. The van der Waals surface area contributed by atoms with Crippen LogP contribution in [0.1, 0.15) is 15.9 Å². The normalized spacial score (nSPS) is 10.8. The Hall–Kier alpha value is -1.94. The molecule has 102 valence electrons. The number of benzene rings is 2. The van der Waals surface area contributed by atoms with E-state index in [0.717, 1.165) is 10.0 Å². The Balaban J connectivity index is 2.15. The molecule has 4 heteroatoms. The quantitative estimate of drug-likeness (QED) is 0.608. The van der Waals surface area contributed by atoms with E-state index in [2.05, 4.69) is 15.9 Å². The summed E-state index contributed by atoms with van der Waals surface area (Å²) < 4.78 is 19.3. The Kier molecular flexibility index (Phi) is 4.69. The molecule has 2 aromatic rings. The van der Waals surface area contributed by atoms with Gasteiger partial charge in [0.25, 0.3) is 0 Å². The molecule has 0 radical (unpaired) electrons. The van der Waals surface area contributed by atoms with Crippen molar-refractivity contribution in [2.45, 2.75) is 0 Å². The fourth-order valence-electron chi connectivity index (χ4n) is 1.66. The first-order chi connectivity index (χ1) is 9.60.